The van der Waals surface area contributed by atoms with E-state index >= 15 is 0 Å². The number of rotatable bonds is 4. The Morgan fingerprint density at radius 1 is 1.13 bits per heavy atom. The van der Waals surface area contributed by atoms with Gasteiger partial charge < -0.3 is 15.1 Å². The third-order valence-electron chi connectivity index (χ3n) is 6.19. The van der Waals surface area contributed by atoms with Gasteiger partial charge in [-0.1, -0.05) is 30.3 Å². The Balaban J connectivity index is 1.39. The molecule has 3 heterocycles. The van der Waals surface area contributed by atoms with E-state index in [0.717, 1.165) is 24.5 Å². The third kappa shape index (κ3) is 3.95. The predicted octanol–water partition coefficient (Wildman–Crippen LogP) is 2.80. The van der Waals surface area contributed by atoms with Crippen molar-refractivity contribution in [2.75, 3.05) is 29.4 Å². The first-order chi connectivity index (χ1) is 15.2. The van der Waals surface area contributed by atoms with Crippen molar-refractivity contribution in [2.24, 2.45) is 5.92 Å². The van der Waals surface area contributed by atoms with Crippen LogP contribution in [0.3, 0.4) is 0 Å². The second-order valence-electron chi connectivity index (χ2n) is 8.06. The maximum absolute atomic E-state index is 13.5. The molecule has 1 saturated heterocycles. The highest BCUT2D eigenvalue weighted by molar-refractivity contribution is 5.82. The van der Waals surface area contributed by atoms with E-state index in [1.165, 1.54) is 23.4 Å². The van der Waals surface area contributed by atoms with Gasteiger partial charge in [0.25, 0.3) is 0 Å². The smallest absolute Gasteiger partial charge is 0.225 e. The average molecular weight is 417 g/mol. The van der Waals surface area contributed by atoms with E-state index < -0.39 is 0 Å². The number of hydrogen-bond acceptors (Lipinski definition) is 5. The number of carbonyl (C=O) groups is 1. The summed E-state index contributed by atoms with van der Waals surface area (Å²) in [6.45, 7) is 2.65. The van der Waals surface area contributed by atoms with E-state index in [-0.39, 0.29) is 23.7 Å². The molecule has 2 atom stereocenters. The van der Waals surface area contributed by atoms with Crippen LogP contribution in [0.5, 0.6) is 0 Å². The predicted molar refractivity (Wildman–Crippen MR) is 117 cm³/mol. The highest BCUT2D eigenvalue weighted by Crippen LogP contribution is 2.36. The van der Waals surface area contributed by atoms with E-state index in [9.17, 15) is 9.18 Å². The molecule has 5 rings (SSSR count). The van der Waals surface area contributed by atoms with E-state index in [4.69, 9.17) is 0 Å². The van der Waals surface area contributed by atoms with Crippen LogP contribution in [0.4, 0.5) is 15.9 Å². The van der Waals surface area contributed by atoms with Gasteiger partial charge in [-0.3, -0.25) is 9.78 Å². The summed E-state index contributed by atoms with van der Waals surface area (Å²) in [5, 5.41) is 3.04. The van der Waals surface area contributed by atoms with E-state index in [1.807, 2.05) is 12.1 Å². The summed E-state index contributed by atoms with van der Waals surface area (Å²) in [5.41, 5.74) is 3.16. The van der Waals surface area contributed by atoms with E-state index in [0.29, 0.717) is 19.5 Å². The molecule has 1 N–H and O–H groups in total. The summed E-state index contributed by atoms with van der Waals surface area (Å²) in [5.74, 6) is 0.328. The summed E-state index contributed by atoms with van der Waals surface area (Å²) in [4.78, 5) is 26.5. The van der Waals surface area contributed by atoms with Gasteiger partial charge in [-0.2, -0.15) is 0 Å². The van der Waals surface area contributed by atoms with Crippen LogP contribution in [0.15, 0.2) is 67.1 Å². The number of hydrogen-bond donors (Lipinski definition) is 1. The van der Waals surface area contributed by atoms with Crippen LogP contribution >= 0.6 is 0 Å². The quantitative estimate of drug-likeness (QED) is 0.707. The molecule has 0 radical (unpaired) electrons. The summed E-state index contributed by atoms with van der Waals surface area (Å²) in [7, 11) is 0. The van der Waals surface area contributed by atoms with Gasteiger partial charge in [0.15, 0.2) is 0 Å². The van der Waals surface area contributed by atoms with Crippen LogP contribution in [0.25, 0.3) is 0 Å². The van der Waals surface area contributed by atoms with E-state index in [1.54, 1.807) is 24.7 Å². The molecule has 2 aliphatic heterocycles. The molecule has 0 spiro atoms. The first-order valence-electron chi connectivity index (χ1n) is 10.6. The largest absolute Gasteiger partial charge is 0.364 e. The molecule has 0 bridgehead atoms. The minimum atomic E-state index is -0.295. The second-order valence-corrected chi connectivity index (χ2v) is 8.06. The molecule has 2 aliphatic rings. The van der Waals surface area contributed by atoms with Gasteiger partial charge in [0, 0.05) is 44.3 Å². The van der Waals surface area contributed by atoms with Gasteiger partial charge in [-0.25, -0.2) is 9.37 Å². The Labute approximate surface area is 180 Å². The van der Waals surface area contributed by atoms with Crippen LogP contribution in [-0.4, -0.2) is 41.6 Å². The van der Waals surface area contributed by atoms with Crippen LogP contribution < -0.4 is 15.1 Å². The molecular formula is C24H24FN5O. The first-order valence-corrected chi connectivity index (χ1v) is 10.6. The SMILES string of the molecule is O=C(NCc1cccc(F)c1)C1Cc2ccccc2N2CCN(c3cnccn3)CC12. The number of nitrogens with zero attached hydrogens (tertiary/aromatic N) is 4. The minimum Gasteiger partial charge on any atom is -0.364 e. The lowest BCUT2D eigenvalue weighted by molar-refractivity contribution is -0.126. The molecule has 2 aromatic carbocycles. The third-order valence-corrected chi connectivity index (χ3v) is 6.19. The molecule has 0 aliphatic carbocycles. The standard InChI is InChI=1S/C24H24FN5O/c25-19-6-3-4-17(12-19)14-28-24(31)20-13-18-5-1-2-7-21(18)30-11-10-29(16-22(20)30)23-15-26-8-9-27-23/h1-9,12,15,20,22H,10-11,13-14,16H2,(H,28,31). The molecule has 6 nitrogen and oxygen atoms in total. The lowest BCUT2D eigenvalue weighted by Crippen LogP contribution is -2.61. The fourth-order valence-electron chi connectivity index (χ4n) is 4.69. The second kappa shape index (κ2) is 8.34. The minimum absolute atomic E-state index is 0.00485. The van der Waals surface area contributed by atoms with Gasteiger partial charge in [0.05, 0.1) is 18.2 Å². The molecule has 7 heteroatoms. The van der Waals surface area contributed by atoms with E-state index in [2.05, 4.69) is 43.3 Å². The molecule has 158 valence electrons. The fraction of sp³-hybridized carbons (Fsp3) is 0.292. The number of piperazine rings is 1. The van der Waals surface area contributed by atoms with Crippen molar-refractivity contribution in [1.29, 1.82) is 0 Å². The van der Waals surface area contributed by atoms with Gasteiger partial charge in [-0.15, -0.1) is 0 Å². The normalized spacial score (nSPS) is 20.0. The summed E-state index contributed by atoms with van der Waals surface area (Å²) in [6.07, 6.45) is 5.81. The summed E-state index contributed by atoms with van der Waals surface area (Å²) in [6, 6.07) is 14.7. The fourth-order valence-corrected chi connectivity index (χ4v) is 4.69. The van der Waals surface area contributed by atoms with Crippen molar-refractivity contribution in [2.45, 2.75) is 19.0 Å². The van der Waals surface area contributed by atoms with Crippen molar-refractivity contribution >= 4 is 17.4 Å². The number of aromatic nitrogens is 2. The summed E-state index contributed by atoms with van der Waals surface area (Å²) >= 11 is 0. The molecule has 31 heavy (non-hydrogen) atoms. The van der Waals surface area contributed by atoms with Crippen molar-refractivity contribution < 1.29 is 9.18 Å². The maximum Gasteiger partial charge on any atom is 0.225 e. The Hall–Kier alpha value is -3.48. The number of halogens is 1. The lowest BCUT2D eigenvalue weighted by atomic mass is 9.83. The first kappa shape index (κ1) is 19.5. The Morgan fingerprint density at radius 3 is 2.87 bits per heavy atom. The summed E-state index contributed by atoms with van der Waals surface area (Å²) < 4.78 is 13.5. The molecule has 1 amide bonds. The number of benzene rings is 2. The van der Waals surface area contributed by atoms with Crippen LogP contribution in [0.1, 0.15) is 11.1 Å². The number of anilines is 2. The zero-order chi connectivity index (χ0) is 21.2. The highest BCUT2D eigenvalue weighted by Gasteiger charge is 2.41. The molecule has 2 unspecified atom stereocenters. The number of amides is 1. The topological polar surface area (TPSA) is 61.4 Å². The Bertz CT molecular complexity index is 1080. The lowest BCUT2D eigenvalue weighted by Gasteiger charge is -2.49. The molecule has 3 aromatic rings. The monoisotopic (exact) mass is 417 g/mol. The van der Waals surface area contributed by atoms with Crippen molar-refractivity contribution in [3.05, 3.63) is 84.1 Å². The molecule has 1 aromatic heterocycles. The zero-order valence-corrected chi connectivity index (χ0v) is 17.1. The van der Waals surface area contributed by atoms with Crippen LogP contribution in [0, 0.1) is 11.7 Å². The van der Waals surface area contributed by atoms with Crippen LogP contribution in [0.2, 0.25) is 0 Å². The Kier molecular flexibility index (Phi) is 5.24. The number of carbonyl (C=O) groups excluding carboxylic acids is 1. The number of nitrogens with one attached hydrogen (secondary N) is 1. The van der Waals surface area contributed by atoms with Gasteiger partial charge in [-0.05, 0) is 35.7 Å². The maximum atomic E-state index is 13.5. The highest BCUT2D eigenvalue weighted by atomic mass is 19.1. The van der Waals surface area contributed by atoms with Crippen molar-refractivity contribution in [3.63, 3.8) is 0 Å². The van der Waals surface area contributed by atoms with Gasteiger partial charge >= 0.3 is 0 Å². The number of para-hydroxylation sites is 1. The molecular weight excluding hydrogens is 393 g/mol. The number of fused-ring (bicyclic) bond motifs is 3. The zero-order valence-electron chi connectivity index (χ0n) is 17.1. The van der Waals surface area contributed by atoms with Gasteiger partial charge in [0.1, 0.15) is 11.6 Å². The molecule has 0 saturated carbocycles. The van der Waals surface area contributed by atoms with Crippen molar-refractivity contribution in [3.8, 4) is 0 Å². The molecule has 1 fully saturated rings. The van der Waals surface area contributed by atoms with Crippen molar-refractivity contribution in [1.82, 2.24) is 15.3 Å². The Morgan fingerprint density at radius 2 is 2.03 bits per heavy atom. The van der Waals surface area contributed by atoms with Gasteiger partial charge in [0.2, 0.25) is 5.91 Å². The average Bonchev–Trinajstić information content (AvgIpc) is 2.82. The van der Waals surface area contributed by atoms with Crippen LogP contribution in [-0.2, 0) is 17.8 Å².